The molecule has 2 aliphatic heterocycles. The van der Waals surface area contributed by atoms with Crippen molar-refractivity contribution in [2.75, 3.05) is 26.2 Å². The molecule has 2 heterocycles. The number of carboxylic acids is 1. The van der Waals surface area contributed by atoms with Crippen LogP contribution in [0.5, 0.6) is 0 Å². The maximum atomic E-state index is 10.9. The quantitative estimate of drug-likeness (QED) is 0.810. The molecule has 0 aromatic rings. The molecule has 1 N–H and O–H groups in total. The van der Waals surface area contributed by atoms with Gasteiger partial charge in [-0.2, -0.15) is 0 Å². The lowest BCUT2D eigenvalue weighted by Crippen LogP contribution is -2.50. The van der Waals surface area contributed by atoms with E-state index >= 15 is 0 Å². The Morgan fingerprint density at radius 3 is 2.24 bits per heavy atom. The molecule has 0 saturated carbocycles. The first-order chi connectivity index (χ1) is 8.18. The maximum Gasteiger partial charge on any atom is 0.320 e. The first-order valence-corrected chi connectivity index (χ1v) is 6.89. The molecule has 0 unspecified atom stereocenters. The highest BCUT2D eigenvalue weighted by Gasteiger charge is 2.29. The summed E-state index contributed by atoms with van der Waals surface area (Å²) in [5.74, 6) is -0.693. The molecule has 1 atom stereocenters. The van der Waals surface area contributed by atoms with Crippen molar-refractivity contribution in [1.29, 1.82) is 0 Å². The highest BCUT2D eigenvalue weighted by Crippen LogP contribution is 2.21. The zero-order valence-electron chi connectivity index (χ0n) is 10.8. The number of hydrogen-bond acceptors (Lipinski definition) is 3. The minimum absolute atomic E-state index is 0.322. The van der Waals surface area contributed by atoms with Gasteiger partial charge in [0.2, 0.25) is 0 Å². The van der Waals surface area contributed by atoms with Crippen LogP contribution in [0, 0.1) is 0 Å². The van der Waals surface area contributed by atoms with E-state index in [-0.39, 0.29) is 6.04 Å². The number of likely N-dealkylation sites (tertiary alicyclic amines) is 2. The van der Waals surface area contributed by atoms with E-state index in [2.05, 4.69) is 9.80 Å². The van der Waals surface area contributed by atoms with Gasteiger partial charge in [-0.3, -0.25) is 9.69 Å². The summed E-state index contributed by atoms with van der Waals surface area (Å²) >= 11 is 0. The van der Waals surface area contributed by atoms with E-state index in [9.17, 15) is 4.79 Å². The van der Waals surface area contributed by atoms with Crippen LogP contribution in [0.25, 0.3) is 0 Å². The third-order valence-electron chi connectivity index (χ3n) is 4.31. The number of aliphatic carboxylic acids is 1. The minimum Gasteiger partial charge on any atom is -0.480 e. The Bertz CT molecular complexity index is 256. The molecule has 2 saturated heterocycles. The molecule has 0 amide bonds. The summed E-state index contributed by atoms with van der Waals surface area (Å²) in [6, 6.07) is 0.379. The third kappa shape index (κ3) is 3.19. The Morgan fingerprint density at radius 1 is 1.12 bits per heavy atom. The molecule has 0 aromatic heterocycles. The van der Waals surface area contributed by atoms with Crippen LogP contribution in [-0.2, 0) is 4.79 Å². The van der Waals surface area contributed by atoms with Crippen LogP contribution in [0.4, 0.5) is 0 Å². The van der Waals surface area contributed by atoms with Gasteiger partial charge in [-0.05, 0) is 45.7 Å². The van der Waals surface area contributed by atoms with Crippen LogP contribution in [0.1, 0.15) is 39.0 Å². The average molecular weight is 240 g/mol. The van der Waals surface area contributed by atoms with Gasteiger partial charge in [-0.15, -0.1) is 0 Å². The van der Waals surface area contributed by atoms with Crippen molar-refractivity contribution in [2.45, 2.75) is 51.1 Å². The van der Waals surface area contributed by atoms with Crippen molar-refractivity contribution in [3.8, 4) is 0 Å². The van der Waals surface area contributed by atoms with Crippen LogP contribution in [-0.4, -0.2) is 59.1 Å². The standard InChI is InChI=1S/C13H24N2O2/c1-11(13(16)17)14-9-5-12(6-10-14)15-7-3-2-4-8-15/h11-12H,2-10H2,1H3,(H,16,17)/t11-/m1/s1. The predicted molar refractivity (Wildman–Crippen MR) is 67.1 cm³/mol. The molecule has 17 heavy (non-hydrogen) atoms. The van der Waals surface area contributed by atoms with Gasteiger partial charge in [-0.1, -0.05) is 6.42 Å². The lowest BCUT2D eigenvalue weighted by atomic mass is 9.99. The number of nitrogens with zero attached hydrogens (tertiary/aromatic N) is 2. The second-order valence-electron chi connectivity index (χ2n) is 5.38. The van der Waals surface area contributed by atoms with Gasteiger partial charge in [0.15, 0.2) is 0 Å². The van der Waals surface area contributed by atoms with E-state index in [1.54, 1.807) is 6.92 Å². The number of rotatable bonds is 3. The van der Waals surface area contributed by atoms with Gasteiger partial charge >= 0.3 is 5.97 Å². The van der Waals surface area contributed by atoms with Crippen LogP contribution in [0.3, 0.4) is 0 Å². The minimum atomic E-state index is -0.693. The van der Waals surface area contributed by atoms with Crippen molar-refractivity contribution >= 4 is 5.97 Å². The predicted octanol–water partition coefficient (Wildman–Crippen LogP) is 1.41. The van der Waals surface area contributed by atoms with E-state index in [1.165, 1.54) is 32.4 Å². The molecule has 0 aromatic carbocycles. The average Bonchev–Trinajstić information content (AvgIpc) is 2.39. The summed E-state index contributed by atoms with van der Waals surface area (Å²) in [5, 5.41) is 9.00. The first-order valence-electron chi connectivity index (χ1n) is 6.89. The summed E-state index contributed by atoms with van der Waals surface area (Å²) in [6.07, 6.45) is 6.33. The van der Waals surface area contributed by atoms with E-state index in [4.69, 9.17) is 5.11 Å². The molecule has 0 spiro atoms. The van der Waals surface area contributed by atoms with Crippen molar-refractivity contribution in [2.24, 2.45) is 0 Å². The van der Waals surface area contributed by atoms with E-state index in [1.807, 2.05) is 0 Å². The Balaban J connectivity index is 1.79. The fourth-order valence-corrected chi connectivity index (χ4v) is 3.08. The smallest absolute Gasteiger partial charge is 0.320 e. The molecular formula is C13H24N2O2. The lowest BCUT2D eigenvalue weighted by molar-refractivity contribution is -0.143. The monoisotopic (exact) mass is 240 g/mol. The molecular weight excluding hydrogens is 216 g/mol. The summed E-state index contributed by atoms with van der Waals surface area (Å²) in [7, 11) is 0. The molecule has 2 fully saturated rings. The van der Waals surface area contributed by atoms with Gasteiger partial charge < -0.3 is 10.0 Å². The van der Waals surface area contributed by atoms with Gasteiger partial charge in [0, 0.05) is 19.1 Å². The van der Waals surface area contributed by atoms with E-state index in [0.29, 0.717) is 6.04 Å². The fraction of sp³-hybridized carbons (Fsp3) is 0.923. The first kappa shape index (κ1) is 12.8. The van der Waals surface area contributed by atoms with Gasteiger partial charge in [0.05, 0.1) is 0 Å². The largest absolute Gasteiger partial charge is 0.480 e. The molecule has 0 radical (unpaired) electrons. The number of hydrogen-bond donors (Lipinski definition) is 1. The summed E-state index contributed by atoms with van der Waals surface area (Å²) in [5.41, 5.74) is 0. The maximum absolute atomic E-state index is 10.9. The Hall–Kier alpha value is -0.610. The van der Waals surface area contributed by atoms with Gasteiger partial charge in [-0.25, -0.2) is 0 Å². The normalized spacial score (nSPS) is 26.9. The zero-order valence-corrected chi connectivity index (χ0v) is 10.8. The molecule has 4 heteroatoms. The van der Waals surface area contributed by atoms with Crippen LogP contribution >= 0.6 is 0 Å². The van der Waals surface area contributed by atoms with Gasteiger partial charge in [0.25, 0.3) is 0 Å². The molecule has 2 rings (SSSR count). The van der Waals surface area contributed by atoms with Crippen molar-refractivity contribution in [3.05, 3.63) is 0 Å². The van der Waals surface area contributed by atoms with E-state index in [0.717, 1.165) is 25.9 Å². The van der Waals surface area contributed by atoms with Crippen LogP contribution in [0.2, 0.25) is 0 Å². The molecule has 98 valence electrons. The van der Waals surface area contributed by atoms with Crippen LogP contribution < -0.4 is 0 Å². The zero-order chi connectivity index (χ0) is 12.3. The topological polar surface area (TPSA) is 43.8 Å². The highest BCUT2D eigenvalue weighted by atomic mass is 16.4. The molecule has 4 nitrogen and oxygen atoms in total. The number of piperidine rings is 2. The molecule has 0 aliphatic carbocycles. The van der Waals surface area contributed by atoms with Crippen molar-refractivity contribution < 1.29 is 9.90 Å². The Kier molecular flexibility index (Phi) is 4.40. The summed E-state index contributed by atoms with van der Waals surface area (Å²) < 4.78 is 0. The number of carbonyl (C=O) groups is 1. The fourth-order valence-electron chi connectivity index (χ4n) is 3.08. The SMILES string of the molecule is C[C@H](C(=O)O)N1CCC(N2CCCCC2)CC1. The number of carboxylic acid groups (broad SMARTS) is 1. The van der Waals surface area contributed by atoms with Crippen molar-refractivity contribution in [1.82, 2.24) is 9.80 Å². The summed E-state index contributed by atoms with van der Waals surface area (Å²) in [4.78, 5) is 15.6. The van der Waals surface area contributed by atoms with Crippen LogP contribution in [0.15, 0.2) is 0 Å². The third-order valence-corrected chi connectivity index (χ3v) is 4.31. The van der Waals surface area contributed by atoms with E-state index < -0.39 is 5.97 Å². The second-order valence-corrected chi connectivity index (χ2v) is 5.38. The summed E-state index contributed by atoms with van der Waals surface area (Å²) in [6.45, 7) is 6.17. The Morgan fingerprint density at radius 2 is 1.71 bits per heavy atom. The molecule has 2 aliphatic rings. The second kappa shape index (κ2) is 5.83. The lowest BCUT2D eigenvalue weighted by Gasteiger charge is -2.41. The van der Waals surface area contributed by atoms with Gasteiger partial charge in [0.1, 0.15) is 6.04 Å². The highest BCUT2D eigenvalue weighted by molar-refractivity contribution is 5.72. The Labute approximate surface area is 104 Å². The van der Waals surface area contributed by atoms with Crippen molar-refractivity contribution in [3.63, 3.8) is 0 Å². The molecule has 0 bridgehead atoms.